The number of rotatable bonds is 2. The van der Waals surface area contributed by atoms with Gasteiger partial charge in [0, 0.05) is 32.1 Å². The maximum atomic E-state index is 12.3. The minimum absolute atomic E-state index is 0.00690. The van der Waals surface area contributed by atoms with E-state index in [-0.39, 0.29) is 5.91 Å². The van der Waals surface area contributed by atoms with Crippen molar-refractivity contribution in [2.24, 2.45) is 11.8 Å². The largest absolute Gasteiger partial charge is 0.335 e. The molecule has 3 heterocycles. The fourth-order valence-electron chi connectivity index (χ4n) is 3.07. The first-order valence-corrected chi connectivity index (χ1v) is 6.73. The molecule has 3 aliphatic rings. The minimum atomic E-state index is -0.00690. The van der Waals surface area contributed by atoms with Crippen LogP contribution in [0.4, 0.5) is 0 Å². The van der Waals surface area contributed by atoms with Crippen LogP contribution in [0.1, 0.15) is 35.2 Å². The average molecular weight is 247 g/mol. The molecule has 4 rings (SSSR count). The molecule has 0 bridgehead atoms. The van der Waals surface area contributed by atoms with Gasteiger partial charge < -0.3 is 10.2 Å². The van der Waals surface area contributed by atoms with E-state index in [9.17, 15) is 4.79 Å². The summed E-state index contributed by atoms with van der Waals surface area (Å²) in [7, 11) is 0. The van der Waals surface area contributed by atoms with Crippen LogP contribution in [0.15, 0.2) is 0 Å². The molecule has 1 aromatic heterocycles. The van der Waals surface area contributed by atoms with Crippen molar-refractivity contribution in [3.63, 3.8) is 0 Å². The van der Waals surface area contributed by atoms with Crippen LogP contribution in [0.3, 0.4) is 0 Å². The number of likely N-dealkylation sites (tertiary alicyclic amines) is 1. The van der Waals surface area contributed by atoms with Gasteiger partial charge in [0.05, 0.1) is 0 Å². The van der Waals surface area contributed by atoms with Gasteiger partial charge in [-0.3, -0.25) is 9.89 Å². The molecule has 96 valence electrons. The maximum Gasteiger partial charge on any atom is 0.293 e. The summed E-state index contributed by atoms with van der Waals surface area (Å²) in [6.45, 7) is 3.78. The standard InChI is InChI=1S/C12H17N5O/c18-12(11-14-10(15-16-11)7-1-2-7)17-5-8-3-13-4-9(8)6-17/h7-9,13H,1-6H2,(H,14,15,16)/t8-,9+. The number of fused-ring (bicyclic) bond motifs is 1. The summed E-state index contributed by atoms with van der Waals surface area (Å²) < 4.78 is 0. The summed E-state index contributed by atoms with van der Waals surface area (Å²) >= 11 is 0. The van der Waals surface area contributed by atoms with Gasteiger partial charge >= 0.3 is 0 Å². The lowest BCUT2D eigenvalue weighted by molar-refractivity contribution is 0.0770. The van der Waals surface area contributed by atoms with E-state index in [2.05, 4.69) is 20.5 Å². The molecule has 1 aliphatic carbocycles. The predicted molar refractivity (Wildman–Crippen MR) is 64.1 cm³/mol. The molecule has 3 fully saturated rings. The number of aromatic amines is 1. The number of aromatic nitrogens is 3. The zero-order valence-electron chi connectivity index (χ0n) is 10.2. The summed E-state index contributed by atoms with van der Waals surface area (Å²) in [4.78, 5) is 18.5. The van der Waals surface area contributed by atoms with Crippen LogP contribution >= 0.6 is 0 Å². The molecule has 1 aromatic rings. The first-order valence-electron chi connectivity index (χ1n) is 6.73. The normalized spacial score (nSPS) is 30.8. The van der Waals surface area contributed by atoms with E-state index < -0.39 is 0 Å². The molecular weight excluding hydrogens is 230 g/mol. The van der Waals surface area contributed by atoms with Crippen LogP contribution in [0.25, 0.3) is 0 Å². The van der Waals surface area contributed by atoms with Gasteiger partial charge in [-0.1, -0.05) is 0 Å². The number of nitrogens with zero attached hydrogens (tertiary/aromatic N) is 3. The van der Waals surface area contributed by atoms with Crippen molar-refractivity contribution in [3.05, 3.63) is 11.6 Å². The number of H-pyrrole nitrogens is 1. The number of hydrogen-bond acceptors (Lipinski definition) is 4. The third-order valence-electron chi connectivity index (χ3n) is 4.33. The minimum Gasteiger partial charge on any atom is -0.335 e. The van der Waals surface area contributed by atoms with Gasteiger partial charge in [-0.05, 0) is 24.7 Å². The van der Waals surface area contributed by atoms with Gasteiger partial charge in [0.2, 0.25) is 5.82 Å². The molecule has 0 aromatic carbocycles. The molecule has 6 nitrogen and oxygen atoms in total. The number of carbonyl (C=O) groups excluding carboxylic acids is 1. The Hall–Kier alpha value is -1.43. The maximum absolute atomic E-state index is 12.3. The van der Waals surface area contributed by atoms with Crippen molar-refractivity contribution in [1.82, 2.24) is 25.4 Å². The van der Waals surface area contributed by atoms with E-state index in [1.807, 2.05) is 4.90 Å². The molecule has 0 spiro atoms. The summed E-state index contributed by atoms with van der Waals surface area (Å²) in [5.74, 6) is 2.99. The third kappa shape index (κ3) is 1.63. The van der Waals surface area contributed by atoms with Crippen molar-refractivity contribution < 1.29 is 4.79 Å². The van der Waals surface area contributed by atoms with Crippen LogP contribution in [0.2, 0.25) is 0 Å². The van der Waals surface area contributed by atoms with E-state index in [1.54, 1.807) is 0 Å². The van der Waals surface area contributed by atoms with Crippen LogP contribution < -0.4 is 5.32 Å². The highest BCUT2D eigenvalue weighted by molar-refractivity contribution is 5.90. The molecule has 18 heavy (non-hydrogen) atoms. The number of hydrogen-bond donors (Lipinski definition) is 2. The Kier molecular flexibility index (Phi) is 2.20. The quantitative estimate of drug-likeness (QED) is 0.770. The number of nitrogens with one attached hydrogen (secondary N) is 2. The van der Waals surface area contributed by atoms with Crippen LogP contribution in [-0.2, 0) is 0 Å². The fourth-order valence-corrected chi connectivity index (χ4v) is 3.07. The zero-order chi connectivity index (χ0) is 12.1. The monoisotopic (exact) mass is 247 g/mol. The van der Waals surface area contributed by atoms with E-state index in [1.165, 1.54) is 12.8 Å². The van der Waals surface area contributed by atoms with Crippen LogP contribution in [0.5, 0.6) is 0 Å². The first-order chi connectivity index (χ1) is 8.81. The average Bonchev–Trinajstić information content (AvgIpc) is 2.80. The number of carbonyl (C=O) groups is 1. The summed E-state index contributed by atoms with van der Waals surface area (Å²) in [5.41, 5.74) is 0. The van der Waals surface area contributed by atoms with Crippen molar-refractivity contribution in [2.45, 2.75) is 18.8 Å². The molecule has 2 N–H and O–H groups in total. The predicted octanol–water partition coefficient (Wildman–Crippen LogP) is -0.0265. The van der Waals surface area contributed by atoms with Crippen molar-refractivity contribution in [2.75, 3.05) is 26.2 Å². The lowest BCUT2D eigenvalue weighted by Crippen LogP contribution is -2.32. The Morgan fingerprint density at radius 2 is 1.94 bits per heavy atom. The zero-order valence-corrected chi connectivity index (χ0v) is 10.2. The molecule has 2 aliphatic heterocycles. The van der Waals surface area contributed by atoms with Crippen molar-refractivity contribution in [1.29, 1.82) is 0 Å². The molecule has 2 atom stereocenters. The highest BCUT2D eigenvalue weighted by Gasteiger charge is 2.39. The Balaban J connectivity index is 1.48. The SMILES string of the molecule is O=C(c1n[nH]c(C2CC2)n1)N1C[C@H]2CNC[C@H]2C1. The highest BCUT2D eigenvalue weighted by Crippen LogP contribution is 2.37. The molecule has 0 radical (unpaired) electrons. The Bertz CT molecular complexity index is 469. The third-order valence-corrected chi connectivity index (χ3v) is 4.33. The van der Waals surface area contributed by atoms with Gasteiger partial charge in [0.15, 0.2) is 0 Å². The highest BCUT2D eigenvalue weighted by atomic mass is 16.2. The summed E-state index contributed by atoms with van der Waals surface area (Å²) in [5, 5.41) is 10.3. The first kappa shape index (κ1) is 10.5. The Labute approximate surface area is 105 Å². The van der Waals surface area contributed by atoms with Gasteiger partial charge in [0.25, 0.3) is 5.91 Å². The summed E-state index contributed by atoms with van der Waals surface area (Å²) in [6.07, 6.45) is 2.34. The van der Waals surface area contributed by atoms with Gasteiger partial charge in [-0.15, -0.1) is 5.10 Å². The molecule has 6 heteroatoms. The number of amides is 1. The van der Waals surface area contributed by atoms with Crippen molar-refractivity contribution >= 4 is 5.91 Å². The van der Waals surface area contributed by atoms with Crippen molar-refractivity contribution in [3.8, 4) is 0 Å². The second-order valence-electron chi connectivity index (χ2n) is 5.71. The molecule has 1 amide bonds. The fraction of sp³-hybridized carbons (Fsp3) is 0.750. The van der Waals surface area contributed by atoms with Crippen LogP contribution in [0, 0.1) is 11.8 Å². The molecule has 1 saturated carbocycles. The Morgan fingerprint density at radius 1 is 1.22 bits per heavy atom. The van der Waals surface area contributed by atoms with Gasteiger partial charge in [0.1, 0.15) is 5.82 Å². The second kappa shape index (κ2) is 3.78. The molecule has 2 saturated heterocycles. The lowest BCUT2D eigenvalue weighted by Gasteiger charge is -2.15. The van der Waals surface area contributed by atoms with Crippen LogP contribution in [-0.4, -0.2) is 52.2 Å². The topological polar surface area (TPSA) is 73.9 Å². The summed E-state index contributed by atoms with van der Waals surface area (Å²) in [6, 6.07) is 0. The molecular formula is C12H17N5O. The lowest BCUT2D eigenvalue weighted by atomic mass is 10.0. The molecule has 0 unspecified atom stereocenters. The smallest absolute Gasteiger partial charge is 0.293 e. The Morgan fingerprint density at radius 3 is 2.61 bits per heavy atom. The van der Waals surface area contributed by atoms with Gasteiger partial charge in [-0.25, -0.2) is 4.98 Å². The van der Waals surface area contributed by atoms with E-state index in [4.69, 9.17) is 0 Å². The van der Waals surface area contributed by atoms with E-state index in [0.717, 1.165) is 32.0 Å². The van der Waals surface area contributed by atoms with E-state index in [0.29, 0.717) is 23.6 Å². The van der Waals surface area contributed by atoms with Gasteiger partial charge in [-0.2, -0.15) is 0 Å². The van der Waals surface area contributed by atoms with E-state index >= 15 is 0 Å². The second-order valence-corrected chi connectivity index (χ2v) is 5.71.